The summed E-state index contributed by atoms with van der Waals surface area (Å²) in [6, 6.07) is 10.2. The van der Waals surface area contributed by atoms with Crippen LogP contribution in [-0.4, -0.2) is 35.4 Å². The van der Waals surface area contributed by atoms with Crippen molar-refractivity contribution in [3.8, 4) is 0 Å². The average Bonchev–Trinajstić information content (AvgIpc) is 2.82. The van der Waals surface area contributed by atoms with Crippen LogP contribution in [0.25, 0.3) is 0 Å². The van der Waals surface area contributed by atoms with Gasteiger partial charge < -0.3 is 4.57 Å². The third kappa shape index (κ3) is 3.08. The summed E-state index contributed by atoms with van der Waals surface area (Å²) >= 11 is 0. The van der Waals surface area contributed by atoms with Crippen LogP contribution in [0.5, 0.6) is 0 Å². The molecule has 1 aliphatic rings. The van der Waals surface area contributed by atoms with Crippen LogP contribution in [0.4, 0.5) is 0 Å². The zero-order valence-corrected chi connectivity index (χ0v) is 13.5. The van der Waals surface area contributed by atoms with E-state index in [4.69, 9.17) is 0 Å². The van der Waals surface area contributed by atoms with Gasteiger partial charge in [0.25, 0.3) is 10.0 Å². The number of sulfonamides is 1. The Labute approximate surface area is 131 Å². The Morgan fingerprint density at radius 2 is 1.95 bits per heavy atom. The van der Waals surface area contributed by atoms with Gasteiger partial charge in [-0.3, -0.25) is 0 Å². The van der Waals surface area contributed by atoms with Crippen LogP contribution in [0.3, 0.4) is 0 Å². The molecule has 1 unspecified atom stereocenters. The fourth-order valence-corrected chi connectivity index (χ4v) is 4.47. The van der Waals surface area contributed by atoms with E-state index in [2.05, 4.69) is 17.1 Å². The normalized spacial score (nSPS) is 20.7. The fraction of sp³-hybridized carbons (Fsp3) is 0.438. The van der Waals surface area contributed by atoms with Crippen molar-refractivity contribution in [2.24, 2.45) is 7.05 Å². The Bertz CT molecular complexity index is 725. The maximum absolute atomic E-state index is 12.8. The molecule has 0 N–H and O–H groups in total. The van der Waals surface area contributed by atoms with E-state index in [0.717, 1.165) is 19.3 Å². The highest BCUT2D eigenvalue weighted by atomic mass is 32.2. The molecule has 3 rings (SSSR count). The van der Waals surface area contributed by atoms with Crippen molar-refractivity contribution in [3.05, 3.63) is 48.4 Å². The number of benzene rings is 1. The second-order valence-electron chi connectivity index (χ2n) is 5.84. The molecule has 0 spiro atoms. The van der Waals surface area contributed by atoms with E-state index in [-0.39, 0.29) is 10.9 Å². The summed E-state index contributed by atoms with van der Waals surface area (Å²) in [4.78, 5) is 4.02. The van der Waals surface area contributed by atoms with E-state index in [0.29, 0.717) is 13.1 Å². The Hall–Kier alpha value is -1.66. The van der Waals surface area contributed by atoms with E-state index in [1.54, 1.807) is 22.1 Å². The molecule has 1 atom stereocenters. The van der Waals surface area contributed by atoms with Crippen LogP contribution in [0.15, 0.2) is 47.9 Å². The summed E-state index contributed by atoms with van der Waals surface area (Å²) in [6.07, 6.45) is 6.07. The number of aryl methyl sites for hydroxylation is 1. The van der Waals surface area contributed by atoms with Gasteiger partial charge in [0.2, 0.25) is 0 Å². The molecule has 0 saturated carbocycles. The standard InChI is InChI=1S/C16H21N3O2S/c1-18-12-16(17-13-18)22(20,21)19-10-6-5-9-15(11-19)14-7-3-2-4-8-14/h2-4,7-8,12-13,15H,5-6,9-11H2,1H3. The van der Waals surface area contributed by atoms with Gasteiger partial charge in [0.1, 0.15) is 0 Å². The lowest BCUT2D eigenvalue weighted by Gasteiger charge is -2.23. The molecule has 1 aromatic heterocycles. The Morgan fingerprint density at radius 1 is 1.18 bits per heavy atom. The molecule has 22 heavy (non-hydrogen) atoms. The molecule has 6 heteroatoms. The first kappa shape index (κ1) is 15.2. The van der Waals surface area contributed by atoms with Gasteiger partial charge in [0, 0.05) is 26.3 Å². The minimum atomic E-state index is -3.50. The van der Waals surface area contributed by atoms with Gasteiger partial charge in [0.15, 0.2) is 5.03 Å². The van der Waals surface area contributed by atoms with Crippen LogP contribution in [0.2, 0.25) is 0 Å². The lowest BCUT2D eigenvalue weighted by Crippen LogP contribution is -2.34. The third-order valence-electron chi connectivity index (χ3n) is 4.19. The molecular formula is C16H21N3O2S. The molecule has 0 radical (unpaired) electrons. The van der Waals surface area contributed by atoms with Crippen LogP contribution in [0.1, 0.15) is 30.7 Å². The maximum Gasteiger partial charge on any atom is 0.262 e. The quantitative estimate of drug-likeness (QED) is 0.873. The zero-order valence-electron chi connectivity index (χ0n) is 12.7. The SMILES string of the molecule is Cn1cnc(S(=O)(=O)N2CCCCC(c3ccccc3)C2)c1. The van der Waals surface area contributed by atoms with Gasteiger partial charge in [0.05, 0.1) is 6.33 Å². The highest BCUT2D eigenvalue weighted by Gasteiger charge is 2.30. The molecule has 118 valence electrons. The number of hydrogen-bond donors (Lipinski definition) is 0. The molecule has 0 aliphatic carbocycles. The van der Waals surface area contributed by atoms with Crippen LogP contribution in [0, 0.1) is 0 Å². The predicted molar refractivity (Wildman–Crippen MR) is 85.0 cm³/mol. The fourth-order valence-electron chi connectivity index (χ4n) is 2.98. The number of hydrogen-bond acceptors (Lipinski definition) is 3. The van der Waals surface area contributed by atoms with Crippen molar-refractivity contribution in [1.82, 2.24) is 13.9 Å². The second-order valence-corrected chi connectivity index (χ2v) is 7.73. The van der Waals surface area contributed by atoms with Crippen molar-refractivity contribution in [2.75, 3.05) is 13.1 Å². The predicted octanol–water partition coefficient (Wildman–Crippen LogP) is 2.38. The molecule has 1 aliphatic heterocycles. The van der Waals surface area contributed by atoms with Crippen molar-refractivity contribution in [2.45, 2.75) is 30.2 Å². The van der Waals surface area contributed by atoms with Crippen molar-refractivity contribution < 1.29 is 8.42 Å². The van der Waals surface area contributed by atoms with Gasteiger partial charge in [-0.1, -0.05) is 36.8 Å². The largest absolute Gasteiger partial charge is 0.339 e. The van der Waals surface area contributed by atoms with Crippen LogP contribution < -0.4 is 0 Å². The molecular weight excluding hydrogens is 298 g/mol. The lowest BCUT2D eigenvalue weighted by molar-refractivity contribution is 0.404. The third-order valence-corrected chi connectivity index (χ3v) is 5.94. The number of nitrogens with zero attached hydrogens (tertiary/aromatic N) is 3. The van der Waals surface area contributed by atoms with E-state index >= 15 is 0 Å². The summed E-state index contributed by atoms with van der Waals surface area (Å²) in [5.41, 5.74) is 1.21. The van der Waals surface area contributed by atoms with Gasteiger partial charge in [-0.2, -0.15) is 4.31 Å². The summed E-state index contributed by atoms with van der Waals surface area (Å²) < 4.78 is 28.8. The minimum Gasteiger partial charge on any atom is -0.339 e. The summed E-state index contributed by atoms with van der Waals surface area (Å²) in [6.45, 7) is 1.10. The van der Waals surface area contributed by atoms with Gasteiger partial charge in [-0.15, -0.1) is 0 Å². The first-order valence-electron chi connectivity index (χ1n) is 7.60. The van der Waals surface area contributed by atoms with E-state index in [1.807, 2.05) is 18.2 Å². The summed E-state index contributed by atoms with van der Waals surface area (Å²) in [5.74, 6) is 0.252. The van der Waals surface area contributed by atoms with Crippen LogP contribution in [-0.2, 0) is 17.1 Å². The molecule has 1 aromatic carbocycles. The summed E-state index contributed by atoms with van der Waals surface area (Å²) in [5, 5.41) is 0.142. The monoisotopic (exact) mass is 319 g/mol. The maximum atomic E-state index is 12.8. The van der Waals surface area contributed by atoms with Crippen molar-refractivity contribution in [1.29, 1.82) is 0 Å². The van der Waals surface area contributed by atoms with Crippen molar-refractivity contribution >= 4 is 10.0 Å². The molecule has 1 fully saturated rings. The van der Waals surface area contributed by atoms with E-state index in [9.17, 15) is 8.42 Å². The zero-order chi connectivity index (χ0) is 15.6. The molecule has 2 heterocycles. The molecule has 5 nitrogen and oxygen atoms in total. The summed E-state index contributed by atoms with van der Waals surface area (Å²) in [7, 11) is -1.73. The van der Waals surface area contributed by atoms with Crippen molar-refractivity contribution in [3.63, 3.8) is 0 Å². The highest BCUT2D eigenvalue weighted by Crippen LogP contribution is 2.29. The molecule has 0 amide bonds. The lowest BCUT2D eigenvalue weighted by atomic mass is 9.95. The smallest absolute Gasteiger partial charge is 0.262 e. The molecule has 2 aromatic rings. The van der Waals surface area contributed by atoms with Crippen LogP contribution >= 0.6 is 0 Å². The molecule has 1 saturated heterocycles. The Kier molecular flexibility index (Phi) is 4.31. The van der Waals surface area contributed by atoms with E-state index in [1.165, 1.54) is 11.9 Å². The van der Waals surface area contributed by atoms with Gasteiger partial charge in [-0.25, -0.2) is 13.4 Å². The second kappa shape index (κ2) is 6.22. The Balaban J connectivity index is 1.87. The number of aromatic nitrogens is 2. The van der Waals surface area contributed by atoms with Gasteiger partial charge in [-0.05, 0) is 24.3 Å². The first-order valence-corrected chi connectivity index (χ1v) is 9.04. The highest BCUT2D eigenvalue weighted by molar-refractivity contribution is 7.89. The number of imidazole rings is 1. The average molecular weight is 319 g/mol. The van der Waals surface area contributed by atoms with E-state index < -0.39 is 10.0 Å². The first-order chi connectivity index (χ1) is 10.6. The molecule has 0 bridgehead atoms. The van der Waals surface area contributed by atoms with Gasteiger partial charge >= 0.3 is 0 Å². The minimum absolute atomic E-state index is 0.142. The number of rotatable bonds is 3. The topological polar surface area (TPSA) is 55.2 Å². The Morgan fingerprint density at radius 3 is 2.64 bits per heavy atom.